The van der Waals surface area contributed by atoms with Gasteiger partial charge >= 0.3 is 5.97 Å². The van der Waals surface area contributed by atoms with Crippen LogP contribution in [0.3, 0.4) is 0 Å². The number of nitrogens with one attached hydrogen (secondary N) is 1. The summed E-state index contributed by atoms with van der Waals surface area (Å²) in [5.41, 5.74) is 8.42. The molecule has 0 radical (unpaired) electrons. The maximum atomic E-state index is 11.6. The summed E-state index contributed by atoms with van der Waals surface area (Å²) in [6.07, 6.45) is 0.433. The molecule has 0 amide bonds. The van der Waals surface area contributed by atoms with Crippen LogP contribution in [0.25, 0.3) is 0 Å². The van der Waals surface area contributed by atoms with E-state index < -0.39 is 18.1 Å². The molecule has 2 aromatic carbocycles. The summed E-state index contributed by atoms with van der Waals surface area (Å²) in [5, 5.41) is 21.8. The highest BCUT2D eigenvalue weighted by molar-refractivity contribution is 5.78. The smallest absolute Gasteiger partial charge is 0.326 e. The van der Waals surface area contributed by atoms with Crippen molar-refractivity contribution in [3.05, 3.63) is 59.7 Å². The SMILES string of the molecule is CC(C)[C@H](Nc1cc(OCc2ccccc2)ccc1C[C@H](N)CO)C(=O)O. The average Bonchev–Trinajstić information content (AvgIpc) is 2.66. The minimum Gasteiger partial charge on any atom is -0.489 e. The number of hydrogen-bond acceptors (Lipinski definition) is 5. The highest BCUT2D eigenvalue weighted by Crippen LogP contribution is 2.26. The molecule has 0 fully saturated rings. The Morgan fingerprint density at radius 2 is 1.89 bits per heavy atom. The third kappa shape index (κ3) is 6.27. The van der Waals surface area contributed by atoms with E-state index in [1.165, 1.54) is 0 Å². The monoisotopic (exact) mass is 372 g/mol. The van der Waals surface area contributed by atoms with Gasteiger partial charge in [-0.25, -0.2) is 4.79 Å². The Hall–Kier alpha value is -2.57. The van der Waals surface area contributed by atoms with Crippen LogP contribution in [0.1, 0.15) is 25.0 Å². The Morgan fingerprint density at radius 1 is 1.19 bits per heavy atom. The molecule has 146 valence electrons. The van der Waals surface area contributed by atoms with Crippen LogP contribution in [0.4, 0.5) is 5.69 Å². The van der Waals surface area contributed by atoms with Crippen molar-refractivity contribution < 1.29 is 19.7 Å². The molecule has 0 aliphatic carbocycles. The lowest BCUT2D eigenvalue weighted by Crippen LogP contribution is -2.35. The Labute approximate surface area is 160 Å². The van der Waals surface area contributed by atoms with E-state index in [0.717, 1.165) is 11.1 Å². The zero-order chi connectivity index (χ0) is 19.8. The van der Waals surface area contributed by atoms with E-state index >= 15 is 0 Å². The summed E-state index contributed by atoms with van der Waals surface area (Å²) in [7, 11) is 0. The van der Waals surface area contributed by atoms with Crippen molar-refractivity contribution in [3.63, 3.8) is 0 Å². The molecule has 2 aromatic rings. The van der Waals surface area contributed by atoms with Crippen LogP contribution in [-0.2, 0) is 17.8 Å². The Kier molecular flexibility index (Phi) is 7.64. The zero-order valence-electron chi connectivity index (χ0n) is 15.8. The average molecular weight is 372 g/mol. The molecule has 0 saturated carbocycles. The fraction of sp³-hybridized carbons (Fsp3) is 0.381. The van der Waals surface area contributed by atoms with E-state index in [1.807, 2.05) is 56.3 Å². The third-order valence-electron chi connectivity index (χ3n) is 4.29. The Bertz CT molecular complexity index is 734. The van der Waals surface area contributed by atoms with E-state index in [4.69, 9.17) is 10.5 Å². The van der Waals surface area contributed by atoms with Crippen molar-refractivity contribution in [2.75, 3.05) is 11.9 Å². The third-order valence-corrected chi connectivity index (χ3v) is 4.29. The van der Waals surface area contributed by atoms with Crippen LogP contribution in [0.5, 0.6) is 5.75 Å². The summed E-state index contributed by atoms with van der Waals surface area (Å²) in [6.45, 7) is 3.97. The fourth-order valence-corrected chi connectivity index (χ4v) is 2.73. The van der Waals surface area contributed by atoms with Gasteiger partial charge in [0.15, 0.2) is 0 Å². The molecule has 0 heterocycles. The standard InChI is InChI=1S/C21H28N2O4/c1-14(2)20(21(25)26)23-19-11-18(9-8-16(19)10-17(22)12-24)27-13-15-6-4-3-5-7-15/h3-9,11,14,17,20,23-24H,10,12-13,22H2,1-2H3,(H,25,26)/t17-,20-/m0/s1. The van der Waals surface area contributed by atoms with Crippen molar-refractivity contribution in [2.45, 2.75) is 39.0 Å². The summed E-state index contributed by atoms with van der Waals surface area (Å²) in [6, 6.07) is 14.1. The van der Waals surface area contributed by atoms with Crippen LogP contribution >= 0.6 is 0 Å². The number of nitrogens with two attached hydrogens (primary N) is 1. The molecule has 0 aromatic heterocycles. The predicted molar refractivity (Wildman–Crippen MR) is 106 cm³/mol. The molecule has 0 spiro atoms. The van der Waals surface area contributed by atoms with E-state index in [-0.39, 0.29) is 12.5 Å². The molecule has 6 heteroatoms. The number of carbonyl (C=O) groups is 1. The molecular formula is C21H28N2O4. The normalized spacial score (nSPS) is 13.2. The van der Waals surface area contributed by atoms with Gasteiger partial charge < -0.3 is 26.0 Å². The Balaban J connectivity index is 2.23. The van der Waals surface area contributed by atoms with Gasteiger partial charge in [0, 0.05) is 17.8 Å². The van der Waals surface area contributed by atoms with Crippen molar-refractivity contribution in [1.82, 2.24) is 0 Å². The first-order valence-electron chi connectivity index (χ1n) is 9.06. The molecule has 0 saturated heterocycles. The topological polar surface area (TPSA) is 105 Å². The second-order valence-electron chi connectivity index (χ2n) is 6.94. The van der Waals surface area contributed by atoms with E-state index in [1.54, 1.807) is 6.07 Å². The summed E-state index contributed by atoms with van der Waals surface area (Å²) in [5.74, 6) is -0.385. The van der Waals surface area contributed by atoms with Crippen LogP contribution in [0.15, 0.2) is 48.5 Å². The van der Waals surface area contributed by atoms with Gasteiger partial charge in [-0.1, -0.05) is 50.2 Å². The molecule has 2 rings (SSSR count). The number of ether oxygens (including phenoxy) is 1. The lowest BCUT2D eigenvalue weighted by atomic mass is 10.0. The van der Waals surface area contributed by atoms with Gasteiger partial charge in [0.05, 0.1) is 6.61 Å². The molecule has 0 bridgehead atoms. The maximum absolute atomic E-state index is 11.6. The minimum absolute atomic E-state index is 0.101. The fourth-order valence-electron chi connectivity index (χ4n) is 2.73. The highest BCUT2D eigenvalue weighted by atomic mass is 16.5. The van der Waals surface area contributed by atoms with Crippen LogP contribution in [-0.4, -0.2) is 34.9 Å². The largest absolute Gasteiger partial charge is 0.489 e. The van der Waals surface area contributed by atoms with Crippen LogP contribution in [0.2, 0.25) is 0 Å². The lowest BCUT2D eigenvalue weighted by molar-refractivity contribution is -0.138. The summed E-state index contributed by atoms with van der Waals surface area (Å²) in [4.78, 5) is 11.6. The molecule has 2 atom stereocenters. The number of benzene rings is 2. The number of rotatable bonds is 10. The highest BCUT2D eigenvalue weighted by Gasteiger charge is 2.22. The van der Waals surface area contributed by atoms with Gasteiger partial charge in [-0.3, -0.25) is 0 Å². The number of aliphatic hydroxyl groups excluding tert-OH is 1. The van der Waals surface area contributed by atoms with Gasteiger partial charge in [0.25, 0.3) is 0 Å². The predicted octanol–water partition coefficient (Wildman–Crippen LogP) is 2.65. The van der Waals surface area contributed by atoms with Crippen molar-refractivity contribution in [3.8, 4) is 5.75 Å². The minimum atomic E-state index is -0.919. The maximum Gasteiger partial charge on any atom is 0.326 e. The lowest BCUT2D eigenvalue weighted by Gasteiger charge is -2.23. The second-order valence-corrected chi connectivity index (χ2v) is 6.94. The number of anilines is 1. The van der Waals surface area contributed by atoms with Gasteiger partial charge in [-0.05, 0) is 29.5 Å². The van der Waals surface area contributed by atoms with Crippen LogP contribution < -0.4 is 15.8 Å². The number of hydrogen-bond donors (Lipinski definition) is 4. The first kappa shape index (κ1) is 20.7. The number of carboxylic acids is 1. The molecular weight excluding hydrogens is 344 g/mol. The van der Waals surface area contributed by atoms with E-state index in [0.29, 0.717) is 24.5 Å². The van der Waals surface area contributed by atoms with Gasteiger partial charge in [0.1, 0.15) is 18.4 Å². The van der Waals surface area contributed by atoms with Gasteiger partial charge in [-0.2, -0.15) is 0 Å². The van der Waals surface area contributed by atoms with Gasteiger partial charge in [0.2, 0.25) is 0 Å². The van der Waals surface area contributed by atoms with Crippen LogP contribution in [0, 0.1) is 5.92 Å². The first-order chi connectivity index (χ1) is 12.9. The molecule has 5 N–H and O–H groups in total. The first-order valence-corrected chi connectivity index (χ1v) is 9.06. The van der Waals surface area contributed by atoms with Crippen molar-refractivity contribution in [1.29, 1.82) is 0 Å². The van der Waals surface area contributed by atoms with Crippen molar-refractivity contribution >= 4 is 11.7 Å². The quantitative estimate of drug-likeness (QED) is 0.511. The molecule has 27 heavy (non-hydrogen) atoms. The summed E-state index contributed by atoms with van der Waals surface area (Å²) < 4.78 is 5.85. The van der Waals surface area contributed by atoms with Gasteiger partial charge in [-0.15, -0.1) is 0 Å². The number of aliphatic carboxylic acids is 1. The Morgan fingerprint density at radius 3 is 2.48 bits per heavy atom. The second kappa shape index (κ2) is 9.94. The van der Waals surface area contributed by atoms with E-state index in [2.05, 4.69) is 5.32 Å². The summed E-state index contributed by atoms with van der Waals surface area (Å²) >= 11 is 0. The molecule has 0 aliphatic rings. The molecule has 6 nitrogen and oxygen atoms in total. The molecule has 0 unspecified atom stereocenters. The van der Waals surface area contributed by atoms with Crippen molar-refractivity contribution in [2.24, 2.45) is 11.7 Å². The molecule has 0 aliphatic heterocycles. The zero-order valence-corrected chi connectivity index (χ0v) is 15.8. The number of aliphatic hydroxyl groups is 1. The van der Waals surface area contributed by atoms with E-state index in [9.17, 15) is 15.0 Å². The number of carboxylic acid groups (broad SMARTS) is 1.